The molecule has 0 aliphatic carbocycles. The summed E-state index contributed by atoms with van der Waals surface area (Å²) in [4.78, 5) is 3.55. The van der Waals surface area contributed by atoms with Crippen LogP contribution in [0.15, 0.2) is 12.3 Å². The van der Waals surface area contributed by atoms with Crippen molar-refractivity contribution in [2.24, 2.45) is 0 Å². The highest BCUT2D eigenvalue weighted by molar-refractivity contribution is 6.30. The van der Waals surface area contributed by atoms with Crippen LogP contribution in [0.3, 0.4) is 0 Å². The number of aliphatic hydroxyl groups is 1. The fraction of sp³-hybridized carbons (Fsp3) is 0.375. The minimum absolute atomic E-state index is 0.223. The molecule has 72 valence electrons. The van der Waals surface area contributed by atoms with E-state index in [9.17, 15) is 8.78 Å². The van der Waals surface area contributed by atoms with Gasteiger partial charge in [-0.2, -0.15) is 0 Å². The van der Waals surface area contributed by atoms with Gasteiger partial charge < -0.3 is 5.11 Å². The molecule has 1 atom stereocenters. The van der Waals surface area contributed by atoms with Gasteiger partial charge in [0.15, 0.2) is 0 Å². The van der Waals surface area contributed by atoms with Crippen molar-refractivity contribution in [3.05, 3.63) is 28.5 Å². The van der Waals surface area contributed by atoms with Crippen molar-refractivity contribution in [1.82, 2.24) is 4.98 Å². The van der Waals surface area contributed by atoms with Crippen LogP contribution < -0.4 is 0 Å². The van der Waals surface area contributed by atoms with Crippen LogP contribution in [0.1, 0.15) is 30.6 Å². The first-order valence-electron chi connectivity index (χ1n) is 3.64. The Morgan fingerprint density at radius 3 is 2.62 bits per heavy atom. The first kappa shape index (κ1) is 10.3. The number of hydrogen-bond acceptors (Lipinski definition) is 2. The van der Waals surface area contributed by atoms with Crippen LogP contribution >= 0.6 is 11.6 Å². The lowest BCUT2D eigenvalue weighted by Crippen LogP contribution is -1.96. The minimum Gasteiger partial charge on any atom is -0.389 e. The number of aromatic nitrogens is 1. The van der Waals surface area contributed by atoms with Gasteiger partial charge in [0.1, 0.15) is 5.15 Å². The van der Waals surface area contributed by atoms with Gasteiger partial charge in [-0.25, -0.2) is 13.8 Å². The predicted octanol–water partition coefficient (Wildman–Crippen LogP) is 2.73. The van der Waals surface area contributed by atoms with Gasteiger partial charge in [-0.05, 0) is 18.6 Å². The summed E-state index contributed by atoms with van der Waals surface area (Å²) in [7, 11) is 0. The SMILES string of the molecule is CC(O)c1cnc(Cl)c(C(F)F)c1. The Bertz CT molecular complexity index is 304. The van der Waals surface area contributed by atoms with Gasteiger partial charge >= 0.3 is 0 Å². The number of hydrogen-bond donors (Lipinski definition) is 1. The van der Waals surface area contributed by atoms with Crippen LogP contribution in [-0.2, 0) is 0 Å². The maximum Gasteiger partial charge on any atom is 0.266 e. The van der Waals surface area contributed by atoms with Crippen molar-refractivity contribution in [2.45, 2.75) is 19.5 Å². The molecule has 1 heterocycles. The second-order valence-corrected chi connectivity index (χ2v) is 2.98. The van der Waals surface area contributed by atoms with E-state index in [1.54, 1.807) is 0 Å². The van der Waals surface area contributed by atoms with Crippen molar-refractivity contribution in [2.75, 3.05) is 0 Å². The molecule has 1 N–H and O–H groups in total. The average Bonchev–Trinajstić information content (AvgIpc) is 2.04. The van der Waals surface area contributed by atoms with Crippen LogP contribution in [0.25, 0.3) is 0 Å². The Morgan fingerprint density at radius 1 is 1.54 bits per heavy atom. The zero-order valence-electron chi connectivity index (χ0n) is 6.84. The number of pyridine rings is 1. The maximum absolute atomic E-state index is 12.3. The van der Waals surface area contributed by atoms with E-state index in [0.29, 0.717) is 5.56 Å². The highest BCUT2D eigenvalue weighted by Crippen LogP contribution is 2.27. The fourth-order valence-corrected chi connectivity index (χ4v) is 1.05. The molecule has 0 radical (unpaired) electrons. The Hall–Kier alpha value is -0.740. The van der Waals surface area contributed by atoms with E-state index < -0.39 is 12.5 Å². The molecule has 1 unspecified atom stereocenters. The Kier molecular flexibility index (Phi) is 3.17. The largest absolute Gasteiger partial charge is 0.389 e. The molecule has 0 bridgehead atoms. The van der Waals surface area contributed by atoms with Crippen molar-refractivity contribution in [3.8, 4) is 0 Å². The molecule has 13 heavy (non-hydrogen) atoms. The summed E-state index contributed by atoms with van der Waals surface area (Å²) in [5.41, 5.74) is -0.0141. The standard InChI is InChI=1S/C8H8ClF2NO/c1-4(13)5-2-6(8(10)11)7(9)12-3-5/h2-4,8,13H,1H3. The van der Waals surface area contributed by atoms with E-state index in [4.69, 9.17) is 16.7 Å². The third-order valence-corrected chi connectivity index (χ3v) is 1.92. The van der Waals surface area contributed by atoms with E-state index >= 15 is 0 Å². The topological polar surface area (TPSA) is 33.1 Å². The molecule has 0 saturated carbocycles. The molecule has 0 aliphatic heterocycles. The molecular weight excluding hydrogens is 200 g/mol. The summed E-state index contributed by atoms with van der Waals surface area (Å²) in [5.74, 6) is 0. The van der Waals surface area contributed by atoms with Gasteiger partial charge in [0.25, 0.3) is 6.43 Å². The van der Waals surface area contributed by atoms with Crippen LogP contribution in [0, 0.1) is 0 Å². The number of alkyl halides is 2. The van der Waals surface area contributed by atoms with E-state index in [2.05, 4.69) is 4.98 Å². The first-order chi connectivity index (χ1) is 6.02. The predicted molar refractivity (Wildman–Crippen MR) is 44.8 cm³/mol. The Morgan fingerprint density at radius 2 is 2.15 bits per heavy atom. The number of rotatable bonds is 2. The average molecular weight is 208 g/mol. The van der Waals surface area contributed by atoms with Gasteiger partial charge in [-0.1, -0.05) is 11.6 Å². The van der Waals surface area contributed by atoms with Crippen molar-refractivity contribution in [1.29, 1.82) is 0 Å². The van der Waals surface area contributed by atoms with Crippen LogP contribution in [0.5, 0.6) is 0 Å². The fourth-order valence-electron chi connectivity index (χ4n) is 0.864. The molecule has 1 rings (SSSR count). The molecular formula is C8H8ClF2NO. The molecule has 1 aromatic heterocycles. The summed E-state index contributed by atoms with van der Waals surface area (Å²) in [6.45, 7) is 1.47. The summed E-state index contributed by atoms with van der Waals surface area (Å²) >= 11 is 5.42. The molecule has 0 saturated heterocycles. The van der Waals surface area contributed by atoms with Crippen LogP contribution in [-0.4, -0.2) is 10.1 Å². The molecule has 5 heteroatoms. The lowest BCUT2D eigenvalue weighted by atomic mass is 10.1. The summed E-state index contributed by atoms with van der Waals surface area (Å²) in [5, 5.41) is 8.87. The highest BCUT2D eigenvalue weighted by Gasteiger charge is 2.14. The van der Waals surface area contributed by atoms with Crippen LogP contribution in [0.4, 0.5) is 8.78 Å². The third kappa shape index (κ3) is 2.35. The zero-order valence-corrected chi connectivity index (χ0v) is 7.59. The second kappa shape index (κ2) is 3.98. The molecule has 0 fully saturated rings. The summed E-state index contributed by atoms with van der Waals surface area (Å²) in [6.07, 6.45) is -2.21. The molecule has 0 spiro atoms. The number of halogens is 3. The molecule has 1 aromatic rings. The van der Waals surface area contributed by atoms with E-state index in [1.807, 2.05) is 0 Å². The van der Waals surface area contributed by atoms with Crippen molar-refractivity contribution < 1.29 is 13.9 Å². The zero-order chi connectivity index (χ0) is 10.0. The third-order valence-electron chi connectivity index (χ3n) is 1.60. The normalized spacial score (nSPS) is 13.4. The number of nitrogens with zero attached hydrogens (tertiary/aromatic N) is 1. The lowest BCUT2D eigenvalue weighted by Gasteiger charge is -2.07. The molecule has 0 aliphatic rings. The van der Waals surface area contributed by atoms with Gasteiger partial charge in [0.05, 0.1) is 11.7 Å². The van der Waals surface area contributed by atoms with Crippen molar-refractivity contribution >= 4 is 11.6 Å². The quantitative estimate of drug-likeness (QED) is 0.757. The van der Waals surface area contributed by atoms with Crippen LogP contribution in [0.2, 0.25) is 5.15 Å². The van der Waals surface area contributed by atoms with Gasteiger partial charge in [0, 0.05) is 6.20 Å². The minimum atomic E-state index is -2.67. The second-order valence-electron chi connectivity index (χ2n) is 2.63. The lowest BCUT2D eigenvalue weighted by molar-refractivity contribution is 0.150. The summed E-state index contributed by atoms with van der Waals surface area (Å²) in [6, 6.07) is 1.16. The van der Waals surface area contributed by atoms with Gasteiger partial charge in [-0.3, -0.25) is 0 Å². The molecule has 2 nitrogen and oxygen atoms in total. The summed E-state index contributed by atoms with van der Waals surface area (Å²) < 4.78 is 24.5. The monoisotopic (exact) mass is 207 g/mol. The van der Waals surface area contributed by atoms with E-state index in [1.165, 1.54) is 13.1 Å². The smallest absolute Gasteiger partial charge is 0.266 e. The Balaban J connectivity index is 3.11. The van der Waals surface area contributed by atoms with E-state index in [0.717, 1.165) is 6.07 Å². The van der Waals surface area contributed by atoms with Gasteiger partial charge in [0.2, 0.25) is 0 Å². The maximum atomic E-state index is 12.3. The number of aliphatic hydroxyl groups excluding tert-OH is 1. The van der Waals surface area contributed by atoms with E-state index in [-0.39, 0.29) is 10.7 Å². The Labute approximate surface area is 79.2 Å². The first-order valence-corrected chi connectivity index (χ1v) is 4.01. The molecule has 0 amide bonds. The van der Waals surface area contributed by atoms with Gasteiger partial charge in [-0.15, -0.1) is 0 Å². The highest BCUT2D eigenvalue weighted by atomic mass is 35.5. The van der Waals surface area contributed by atoms with Crippen molar-refractivity contribution in [3.63, 3.8) is 0 Å². The molecule has 0 aromatic carbocycles.